The van der Waals surface area contributed by atoms with E-state index in [2.05, 4.69) is 5.18 Å². The lowest BCUT2D eigenvalue weighted by molar-refractivity contribution is -0.143. The van der Waals surface area contributed by atoms with Crippen LogP contribution in [0.1, 0.15) is 60.8 Å². The summed E-state index contributed by atoms with van der Waals surface area (Å²) in [5.41, 5.74) is -2.10. The lowest BCUT2D eigenvalue weighted by Crippen LogP contribution is -2.31. The van der Waals surface area contributed by atoms with Crippen LogP contribution in [-0.4, -0.2) is 24.4 Å². The predicted octanol–water partition coefficient (Wildman–Crippen LogP) is 7.57. The Hall–Kier alpha value is -2.98. The number of nitroso groups, excluding NO2 is 1. The molecule has 0 spiro atoms. The third kappa shape index (κ3) is 8.91. The van der Waals surface area contributed by atoms with E-state index < -0.39 is 35.6 Å². The Balaban J connectivity index is 0.000000255. The zero-order chi connectivity index (χ0) is 27.1. The highest BCUT2D eigenvalue weighted by molar-refractivity contribution is 5.72. The van der Waals surface area contributed by atoms with Crippen molar-refractivity contribution in [3.63, 3.8) is 0 Å². The molecule has 1 amide bonds. The van der Waals surface area contributed by atoms with E-state index in [1.165, 1.54) is 24.8 Å². The Morgan fingerprint density at radius 1 is 0.972 bits per heavy atom. The largest absolute Gasteiger partial charge is 0.416 e. The molecular formula is C25H27F7N2O2. The van der Waals surface area contributed by atoms with Crippen molar-refractivity contribution in [1.82, 2.24) is 4.90 Å². The van der Waals surface area contributed by atoms with Gasteiger partial charge in [-0.3, -0.25) is 4.79 Å². The van der Waals surface area contributed by atoms with Crippen molar-refractivity contribution in [1.29, 1.82) is 0 Å². The SMILES string of the molecule is CC(=O)N(C)CC1CCCC(c2ccc(F)cc2)C1.O=NCc1cc(C(F)(F)F)cc(C(F)(F)F)c1. The molecule has 1 aliphatic carbocycles. The van der Waals surface area contributed by atoms with Gasteiger partial charge < -0.3 is 4.90 Å². The first-order valence-corrected chi connectivity index (χ1v) is 11.2. The standard InChI is InChI=1S/C16H22FNO.C9H5F6NO/c1-12(19)18(2)11-13-4-3-5-15(10-13)14-6-8-16(17)9-7-14;10-8(11,12)6-1-5(4-16-17)2-7(3-6)9(13,14)15/h6-9,13,15H,3-5,10-11H2,1-2H3;1-3H,4H2. The van der Waals surface area contributed by atoms with Gasteiger partial charge in [0.15, 0.2) is 0 Å². The van der Waals surface area contributed by atoms with Crippen LogP contribution in [0.25, 0.3) is 0 Å². The lowest BCUT2D eigenvalue weighted by Gasteiger charge is -2.32. The summed E-state index contributed by atoms with van der Waals surface area (Å²) in [7, 11) is 1.86. The van der Waals surface area contributed by atoms with Gasteiger partial charge in [-0.25, -0.2) is 4.39 Å². The molecule has 2 aromatic carbocycles. The molecule has 1 fully saturated rings. The first kappa shape index (κ1) is 29.3. The van der Waals surface area contributed by atoms with Crippen LogP contribution in [0.2, 0.25) is 0 Å². The fourth-order valence-corrected chi connectivity index (χ4v) is 4.20. The third-order valence-electron chi connectivity index (χ3n) is 6.09. The molecule has 4 nitrogen and oxygen atoms in total. The highest BCUT2D eigenvalue weighted by atomic mass is 19.4. The predicted molar refractivity (Wildman–Crippen MR) is 120 cm³/mol. The van der Waals surface area contributed by atoms with Gasteiger partial charge in [0, 0.05) is 20.5 Å². The van der Waals surface area contributed by atoms with E-state index in [9.17, 15) is 40.4 Å². The molecule has 1 saturated carbocycles. The Morgan fingerprint density at radius 3 is 2.00 bits per heavy atom. The number of nitrogens with zero attached hydrogens (tertiary/aromatic N) is 2. The maximum atomic E-state index is 12.9. The molecule has 198 valence electrons. The minimum atomic E-state index is -4.90. The summed E-state index contributed by atoms with van der Waals surface area (Å²) in [5, 5.41) is 2.27. The van der Waals surface area contributed by atoms with Crippen LogP contribution in [0.4, 0.5) is 30.7 Å². The van der Waals surface area contributed by atoms with Crippen LogP contribution in [0, 0.1) is 16.6 Å². The van der Waals surface area contributed by atoms with Gasteiger partial charge in [0.05, 0.1) is 11.1 Å². The van der Waals surface area contributed by atoms with E-state index in [0.29, 0.717) is 24.0 Å². The van der Waals surface area contributed by atoms with Gasteiger partial charge >= 0.3 is 12.4 Å². The third-order valence-corrected chi connectivity index (χ3v) is 6.09. The molecule has 2 atom stereocenters. The Kier molecular flexibility index (Phi) is 10.0. The average molecular weight is 520 g/mol. The Labute approximate surface area is 204 Å². The second-order valence-corrected chi connectivity index (χ2v) is 8.88. The van der Waals surface area contributed by atoms with Crippen molar-refractivity contribution < 1.29 is 35.5 Å². The molecule has 0 radical (unpaired) electrons. The van der Waals surface area contributed by atoms with E-state index in [0.717, 1.165) is 13.0 Å². The van der Waals surface area contributed by atoms with E-state index in [1.54, 1.807) is 24.0 Å². The summed E-state index contributed by atoms with van der Waals surface area (Å²) in [6.07, 6.45) is -5.15. The molecule has 2 aromatic rings. The molecule has 1 aliphatic rings. The number of amides is 1. The average Bonchev–Trinajstić information content (AvgIpc) is 2.79. The van der Waals surface area contributed by atoms with Gasteiger partial charge in [-0.05, 0) is 72.6 Å². The van der Waals surface area contributed by atoms with Crippen LogP contribution in [-0.2, 0) is 23.7 Å². The zero-order valence-corrected chi connectivity index (χ0v) is 19.8. The fraction of sp³-hybridized carbons (Fsp3) is 0.480. The van der Waals surface area contributed by atoms with Crippen molar-refractivity contribution in [2.75, 3.05) is 13.6 Å². The van der Waals surface area contributed by atoms with Gasteiger partial charge in [-0.15, -0.1) is 0 Å². The van der Waals surface area contributed by atoms with Gasteiger partial charge in [0.25, 0.3) is 0 Å². The molecule has 3 rings (SSSR count). The molecule has 2 unspecified atom stereocenters. The highest BCUT2D eigenvalue weighted by Crippen LogP contribution is 2.37. The fourth-order valence-electron chi connectivity index (χ4n) is 4.20. The summed E-state index contributed by atoms with van der Waals surface area (Å²) in [5.74, 6) is 1.04. The minimum Gasteiger partial charge on any atom is -0.346 e. The summed E-state index contributed by atoms with van der Waals surface area (Å²) in [6.45, 7) is 1.71. The summed E-state index contributed by atoms with van der Waals surface area (Å²) < 4.78 is 86.7. The zero-order valence-electron chi connectivity index (χ0n) is 19.8. The second-order valence-electron chi connectivity index (χ2n) is 8.88. The van der Waals surface area contributed by atoms with Gasteiger partial charge in [0.2, 0.25) is 5.91 Å². The van der Waals surface area contributed by atoms with Gasteiger partial charge in [-0.2, -0.15) is 31.2 Å². The van der Waals surface area contributed by atoms with E-state index in [1.807, 2.05) is 19.2 Å². The number of hydrogen-bond donors (Lipinski definition) is 0. The van der Waals surface area contributed by atoms with Crippen LogP contribution in [0.3, 0.4) is 0 Å². The van der Waals surface area contributed by atoms with E-state index in [-0.39, 0.29) is 17.8 Å². The number of benzene rings is 2. The van der Waals surface area contributed by atoms with Gasteiger partial charge in [0.1, 0.15) is 12.4 Å². The van der Waals surface area contributed by atoms with E-state index >= 15 is 0 Å². The molecule has 11 heteroatoms. The summed E-state index contributed by atoms with van der Waals surface area (Å²) >= 11 is 0. The van der Waals surface area contributed by atoms with Crippen LogP contribution >= 0.6 is 0 Å². The molecule has 0 aliphatic heterocycles. The normalized spacial score (nSPS) is 18.1. The van der Waals surface area contributed by atoms with Crippen molar-refractivity contribution in [3.8, 4) is 0 Å². The molecule has 0 N–H and O–H groups in total. The highest BCUT2D eigenvalue weighted by Gasteiger charge is 2.36. The topological polar surface area (TPSA) is 49.7 Å². The number of rotatable bonds is 5. The quantitative estimate of drug-likeness (QED) is 0.302. The molecule has 0 heterocycles. The second kappa shape index (κ2) is 12.3. The maximum absolute atomic E-state index is 12.9. The molecule has 36 heavy (non-hydrogen) atoms. The lowest BCUT2D eigenvalue weighted by atomic mass is 9.78. The monoisotopic (exact) mass is 520 g/mol. The molecular weight excluding hydrogens is 493 g/mol. The number of carbonyl (C=O) groups is 1. The summed E-state index contributed by atoms with van der Waals surface area (Å²) in [4.78, 5) is 23.0. The maximum Gasteiger partial charge on any atom is 0.416 e. The smallest absolute Gasteiger partial charge is 0.346 e. The first-order chi connectivity index (χ1) is 16.7. The molecule has 0 aromatic heterocycles. The van der Waals surface area contributed by atoms with Crippen molar-refractivity contribution >= 4 is 5.91 Å². The number of hydrogen-bond acceptors (Lipinski definition) is 3. The summed E-state index contributed by atoms with van der Waals surface area (Å²) in [6, 6.07) is 7.82. The number of halogens is 7. The van der Waals surface area contributed by atoms with Gasteiger partial charge in [-0.1, -0.05) is 23.7 Å². The van der Waals surface area contributed by atoms with Crippen molar-refractivity contribution in [2.24, 2.45) is 11.1 Å². The molecule has 0 bridgehead atoms. The first-order valence-electron chi connectivity index (χ1n) is 11.2. The van der Waals surface area contributed by atoms with E-state index in [4.69, 9.17) is 0 Å². The Morgan fingerprint density at radius 2 is 1.53 bits per heavy atom. The van der Waals surface area contributed by atoms with Crippen molar-refractivity contribution in [2.45, 2.75) is 57.4 Å². The minimum absolute atomic E-state index is 0.00565. The van der Waals surface area contributed by atoms with Crippen LogP contribution < -0.4 is 0 Å². The van der Waals surface area contributed by atoms with Crippen LogP contribution in [0.5, 0.6) is 0 Å². The van der Waals surface area contributed by atoms with Crippen molar-refractivity contribution in [3.05, 3.63) is 75.4 Å². The molecule has 0 saturated heterocycles. The number of alkyl halides is 6. The Bertz CT molecular complexity index is 988. The van der Waals surface area contributed by atoms with Crippen LogP contribution in [0.15, 0.2) is 47.6 Å². The number of carbonyl (C=O) groups excluding carboxylic acids is 1.